The second-order valence-electron chi connectivity index (χ2n) is 2.58. The molecule has 2 nitrogen and oxygen atoms in total. The maximum atomic E-state index is 9.00. The number of rotatable bonds is 0. The first-order valence-corrected chi connectivity index (χ1v) is 3.22. The lowest BCUT2D eigenvalue weighted by atomic mass is 9.94. The first-order chi connectivity index (χ1) is 3.79. The van der Waals surface area contributed by atoms with Crippen molar-refractivity contribution in [2.24, 2.45) is 5.73 Å². The summed E-state index contributed by atoms with van der Waals surface area (Å²) in [6.07, 6.45) is 3.84. The normalized spacial score (nSPS) is 35.3. The largest absolute Gasteiger partial charge is 0.393 e. The molecule has 0 radical (unpaired) electrons. The van der Waals surface area contributed by atoms with Gasteiger partial charge in [-0.2, -0.15) is 0 Å². The van der Waals surface area contributed by atoms with E-state index in [4.69, 9.17) is 10.8 Å². The summed E-state index contributed by atoms with van der Waals surface area (Å²) in [7, 11) is 0. The predicted molar refractivity (Wildman–Crippen MR) is 39.7 cm³/mol. The van der Waals surface area contributed by atoms with Crippen LogP contribution in [0.5, 0.6) is 0 Å². The molecule has 3 heteroatoms. The Morgan fingerprint density at radius 2 is 2.00 bits per heavy atom. The van der Waals surface area contributed by atoms with Crippen LogP contribution in [-0.2, 0) is 0 Å². The highest BCUT2D eigenvalue weighted by Gasteiger charge is 2.15. The summed E-state index contributed by atoms with van der Waals surface area (Å²) in [6, 6.07) is 0.263. The highest BCUT2D eigenvalue weighted by molar-refractivity contribution is 5.85. The minimum Gasteiger partial charge on any atom is -0.393 e. The molecule has 0 aromatic carbocycles. The Hall–Kier alpha value is 0.210. The predicted octanol–water partition coefficient (Wildman–Crippen LogP) is 0.670. The van der Waals surface area contributed by atoms with E-state index in [0.717, 1.165) is 25.7 Å². The van der Waals surface area contributed by atoms with E-state index in [0.29, 0.717) is 0 Å². The summed E-state index contributed by atoms with van der Waals surface area (Å²) in [5, 5.41) is 9.00. The van der Waals surface area contributed by atoms with Gasteiger partial charge in [-0.1, -0.05) is 0 Å². The smallest absolute Gasteiger partial charge is 0.0555 e. The highest BCUT2D eigenvalue weighted by Crippen LogP contribution is 2.15. The Balaban J connectivity index is 0.000000640. The van der Waals surface area contributed by atoms with Crippen LogP contribution in [0.15, 0.2) is 0 Å². The molecule has 0 saturated heterocycles. The van der Waals surface area contributed by atoms with Gasteiger partial charge >= 0.3 is 0 Å². The third kappa shape index (κ3) is 3.04. The molecule has 1 fully saturated rings. The van der Waals surface area contributed by atoms with Crippen LogP contribution < -0.4 is 5.73 Å². The van der Waals surface area contributed by atoms with Crippen LogP contribution in [-0.4, -0.2) is 17.3 Å². The van der Waals surface area contributed by atoms with E-state index in [1.54, 1.807) is 0 Å². The van der Waals surface area contributed by atoms with E-state index in [-0.39, 0.29) is 24.6 Å². The van der Waals surface area contributed by atoms with Crippen LogP contribution in [0.3, 0.4) is 0 Å². The van der Waals surface area contributed by atoms with Crippen molar-refractivity contribution >= 4 is 12.4 Å². The second kappa shape index (κ2) is 4.09. The Bertz CT molecular complexity index is 71.5. The van der Waals surface area contributed by atoms with E-state index >= 15 is 0 Å². The number of hydrogen-bond acceptors (Lipinski definition) is 2. The summed E-state index contributed by atoms with van der Waals surface area (Å²) in [5.41, 5.74) is 5.57. The van der Waals surface area contributed by atoms with Crippen LogP contribution in [0.4, 0.5) is 0 Å². The van der Waals surface area contributed by atoms with Crippen LogP contribution in [0.1, 0.15) is 25.7 Å². The van der Waals surface area contributed by atoms with E-state index in [1.165, 1.54) is 0 Å². The van der Waals surface area contributed by atoms with Gasteiger partial charge in [0.2, 0.25) is 0 Å². The lowest BCUT2D eigenvalue weighted by Crippen LogP contribution is -2.30. The maximum absolute atomic E-state index is 9.00. The first-order valence-electron chi connectivity index (χ1n) is 3.22. The van der Waals surface area contributed by atoms with E-state index in [1.807, 2.05) is 0 Å². The molecular formula is C6H14ClNO. The van der Waals surface area contributed by atoms with Crippen molar-refractivity contribution in [2.45, 2.75) is 37.8 Å². The SMILES string of the molecule is Cl.N[C@@H]1CCC[C@@H](O)C1. The monoisotopic (exact) mass is 151 g/mol. The molecule has 0 heterocycles. The van der Waals surface area contributed by atoms with E-state index < -0.39 is 0 Å². The zero-order valence-corrected chi connectivity index (χ0v) is 6.23. The molecule has 3 N–H and O–H groups in total. The zero-order chi connectivity index (χ0) is 5.98. The van der Waals surface area contributed by atoms with Gasteiger partial charge in [0.05, 0.1) is 6.10 Å². The highest BCUT2D eigenvalue weighted by atomic mass is 35.5. The van der Waals surface area contributed by atoms with Gasteiger partial charge < -0.3 is 10.8 Å². The molecule has 1 aliphatic carbocycles. The molecule has 1 rings (SSSR count). The quantitative estimate of drug-likeness (QED) is 0.535. The molecule has 2 atom stereocenters. The van der Waals surface area contributed by atoms with Crippen molar-refractivity contribution in [3.8, 4) is 0 Å². The van der Waals surface area contributed by atoms with E-state index in [2.05, 4.69) is 0 Å². The van der Waals surface area contributed by atoms with Crippen molar-refractivity contribution in [1.82, 2.24) is 0 Å². The van der Waals surface area contributed by atoms with Crippen molar-refractivity contribution in [2.75, 3.05) is 0 Å². The summed E-state index contributed by atoms with van der Waals surface area (Å²) in [5.74, 6) is 0. The third-order valence-corrected chi connectivity index (χ3v) is 1.69. The summed E-state index contributed by atoms with van der Waals surface area (Å²) in [4.78, 5) is 0. The molecule has 0 bridgehead atoms. The van der Waals surface area contributed by atoms with Crippen LogP contribution in [0, 0.1) is 0 Å². The number of halogens is 1. The van der Waals surface area contributed by atoms with Crippen molar-refractivity contribution in [3.63, 3.8) is 0 Å². The van der Waals surface area contributed by atoms with Crippen molar-refractivity contribution in [3.05, 3.63) is 0 Å². The molecule has 9 heavy (non-hydrogen) atoms. The molecular weight excluding hydrogens is 138 g/mol. The summed E-state index contributed by atoms with van der Waals surface area (Å²) >= 11 is 0. The summed E-state index contributed by atoms with van der Waals surface area (Å²) in [6.45, 7) is 0. The number of hydrogen-bond donors (Lipinski definition) is 2. The van der Waals surface area contributed by atoms with Gasteiger partial charge in [-0.25, -0.2) is 0 Å². The third-order valence-electron chi connectivity index (χ3n) is 1.69. The summed E-state index contributed by atoms with van der Waals surface area (Å²) < 4.78 is 0. The first kappa shape index (κ1) is 9.21. The van der Waals surface area contributed by atoms with Gasteiger partial charge in [-0.3, -0.25) is 0 Å². The number of aliphatic hydroxyl groups is 1. The average molecular weight is 152 g/mol. The Morgan fingerprint density at radius 3 is 2.33 bits per heavy atom. The molecule has 0 aromatic heterocycles. The van der Waals surface area contributed by atoms with Gasteiger partial charge in [-0.15, -0.1) is 12.4 Å². The molecule has 0 aliphatic heterocycles. The second-order valence-corrected chi connectivity index (χ2v) is 2.58. The molecule has 0 amide bonds. The Kier molecular flexibility index (Phi) is 4.19. The Morgan fingerprint density at radius 1 is 1.33 bits per heavy atom. The van der Waals surface area contributed by atoms with Crippen molar-refractivity contribution < 1.29 is 5.11 Å². The van der Waals surface area contributed by atoms with E-state index in [9.17, 15) is 0 Å². The molecule has 0 spiro atoms. The molecule has 0 unspecified atom stereocenters. The molecule has 1 saturated carbocycles. The zero-order valence-electron chi connectivity index (χ0n) is 5.42. The van der Waals surface area contributed by atoms with Crippen LogP contribution in [0.2, 0.25) is 0 Å². The average Bonchev–Trinajstić information content (AvgIpc) is 1.64. The standard InChI is InChI=1S/C6H13NO.ClH/c7-5-2-1-3-6(8)4-5;/h5-6,8H,1-4,7H2;1H/t5-,6-;/m1./s1. The number of aliphatic hydroxyl groups excluding tert-OH is 1. The lowest BCUT2D eigenvalue weighted by Gasteiger charge is -2.21. The minimum absolute atomic E-state index is 0. The number of nitrogens with two attached hydrogens (primary N) is 1. The van der Waals surface area contributed by atoms with Gasteiger partial charge in [0.25, 0.3) is 0 Å². The molecule has 56 valence electrons. The lowest BCUT2D eigenvalue weighted by molar-refractivity contribution is 0.120. The van der Waals surface area contributed by atoms with Crippen LogP contribution in [0.25, 0.3) is 0 Å². The fourth-order valence-electron chi connectivity index (χ4n) is 1.20. The van der Waals surface area contributed by atoms with Gasteiger partial charge in [0.1, 0.15) is 0 Å². The fraction of sp³-hybridized carbons (Fsp3) is 1.00. The van der Waals surface area contributed by atoms with Gasteiger partial charge in [-0.05, 0) is 25.7 Å². The maximum Gasteiger partial charge on any atom is 0.0555 e. The molecule has 0 aromatic rings. The topological polar surface area (TPSA) is 46.2 Å². The van der Waals surface area contributed by atoms with Crippen LogP contribution >= 0.6 is 12.4 Å². The van der Waals surface area contributed by atoms with Gasteiger partial charge in [0, 0.05) is 6.04 Å². The Labute approximate surface area is 61.8 Å². The molecule has 1 aliphatic rings. The fourth-order valence-corrected chi connectivity index (χ4v) is 1.20. The minimum atomic E-state index is -0.112. The van der Waals surface area contributed by atoms with Gasteiger partial charge in [0.15, 0.2) is 0 Å². The van der Waals surface area contributed by atoms with Crippen molar-refractivity contribution in [1.29, 1.82) is 0 Å².